The van der Waals surface area contributed by atoms with Crippen LogP contribution in [0, 0.1) is 6.92 Å². The van der Waals surface area contributed by atoms with E-state index in [2.05, 4.69) is 5.32 Å². The number of ether oxygens (including phenoxy) is 2. The summed E-state index contributed by atoms with van der Waals surface area (Å²) in [5, 5.41) is 3.48. The molecule has 0 aromatic heterocycles. The van der Waals surface area contributed by atoms with Crippen LogP contribution in [0.15, 0.2) is 48.5 Å². The molecule has 1 unspecified atom stereocenters. The fourth-order valence-corrected chi connectivity index (χ4v) is 4.03. The van der Waals surface area contributed by atoms with Crippen LogP contribution in [0.5, 0.6) is 0 Å². The predicted octanol–water partition coefficient (Wildman–Crippen LogP) is 5.30. The van der Waals surface area contributed by atoms with Gasteiger partial charge in [-0.2, -0.15) is 13.2 Å². The van der Waals surface area contributed by atoms with Crippen molar-refractivity contribution in [3.8, 4) is 0 Å². The van der Waals surface area contributed by atoms with Crippen LogP contribution in [0.1, 0.15) is 55.0 Å². The van der Waals surface area contributed by atoms with Gasteiger partial charge in [0.2, 0.25) is 0 Å². The van der Waals surface area contributed by atoms with Gasteiger partial charge in [0.1, 0.15) is 6.10 Å². The third-order valence-electron chi connectivity index (χ3n) is 5.70. The molecule has 168 valence electrons. The molecule has 3 atom stereocenters. The number of carbonyl (C=O) groups is 1. The Bertz CT molecular complexity index is 891. The molecule has 1 N–H and O–H groups in total. The molecule has 0 spiro atoms. The normalized spacial score (nSPS) is 22.7. The zero-order chi connectivity index (χ0) is 22.6. The first-order chi connectivity index (χ1) is 14.6. The van der Waals surface area contributed by atoms with Crippen LogP contribution in [0.3, 0.4) is 0 Å². The number of hydrogen-bond acceptors (Lipinski definition) is 4. The molecule has 3 rings (SSSR count). The first kappa shape index (κ1) is 23.3. The van der Waals surface area contributed by atoms with E-state index in [1.807, 2.05) is 30.3 Å². The van der Waals surface area contributed by atoms with Gasteiger partial charge >= 0.3 is 12.1 Å². The van der Waals surface area contributed by atoms with Crippen LogP contribution in [0.4, 0.5) is 13.2 Å². The van der Waals surface area contributed by atoms with Gasteiger partial charge in [-0.05, 0) is 49.9 Å². The van der Waals surface area contributed by atoms with Gasteiger partial charge in [-0.3, -0.25) is 4.79 Å². The van der Waals surface area contributed by atoms with E-state index in [9.17, 15) is 18.0 Å². The van der Waals surface area contributed by atoms with E-state index in [4.69, 9.17) is 9.47 Å². The van der Waals surface area contributed by atoms with Crippen molar-refractivity contribution in [2.24, 2.45) is 0 Å². The van der Waals surface area contributed by atoms with Gasteiger partial charge in [-0.25, -0.2) is 0 Å². The lowest BCUT2D eigenvalue weighted by atomic mass is 9.82. The Kier molecular flexibility index (Phi) is 7.06. The maximum atomic E-state index is 13.2. The van der Waals surface area contributed by atoms with Crippen LogP contribution in [0.25, 0.3) is 0 Å². The number of hydrogen-bond donors (Lipinski definition) is 1. The Hall–Kier alpha value is -2.38. The van der Waals surface area contributed by atoms with E-state index in [0.717, 1.165) is 17.7 Å². The van der Waals surface area contributed by atoms with Gasteiger partial charge in [0.05, 0.1) is 23.8 Å². The lowest BCUT2D eigenvalue weighted by molar-refractivity contribution is -0.148. The molecule has 1 aliphatic rings. The smallest absolute Gasteiger partial charge is 0.416 e. The van der Waals surface area contributed by atoms with Crippen LogP contribution in [-0.2, 0) is 26.0 Å². The number of alkyl halides is 3. The van der Waals surface area contributed by atoms with Gasteiger partial charge in [0, 0.05) is 13.5 Å². The van der Waals surface area contributed by atoms with Gasteiger partial charge in [-0.1, -0.05) is 42.0 Å². The third kappa shape index (κ3) is 5.86. The van der Waals surface area contributed by atoms with Crippen molar-refractivity contribution in [1.82, 2.24) is 5.32 Å². The Morgan fingerprint density at radius 3 is 2.52 bits per heavy atom. The first-order valence-corrected chi connectivity index (χ1v) is 10.4. The minimum atomic E-state index is -4.40. The van der Waals surface area contributed by atoms with E-state index in [-0.39, 0.29) is 18.7 Å². The summed E-state index contributed by atoms with van der Waals surface area (Å²) in [6, 6.07) is 13.8. The van der Waals surface area contributed by atoms with E-state index in [1.54, 1.807) is 19.9 Å². The summed E-state index contributed by atoms with van der Waals surface area (Å²) < 4.78 is 51.1. The molecule has 1 aliphatic heterocycles. The predicted molar refractivity (Wildman–Crippen MR) is 111 cm³/mol. The van der Waals surface area contributed by atoms with E-state index in [1.165, 1.54) is 6.92 Å². The fraction of sp³-hybridized carbons (Fsp3) is 0.458. The molecule has 0 amide bonds. The number of benzene rings is 2. The molecule has 7 heteroatoms. The molecule has 0 bridgehead atoms. The van der Waals surface area contributed by atoms with E-state index >= 15 is 0 Å². The topological polar surface area (TPSA) is 47.6 Å². The first-order valence-electron chi connectivity index (χ1n) is 10.4. The highest BCUT2D eigenvalue weighted by molar-refractivity contribution is 5.66. The monoisotopic (exact) mass is 435 g/mol. The van der Waals surface area contributed by atoms with Crippen LogP contribution in [0.2, 0.25) is 0 Å². The molecule has 2 aromatic carbocycles. The Labute approximate surface area is 180 Å². The van der Waals surface area contributed by atoms with Gasteiger partial charge in [-0.15, -0.1) is 0 Å². The molecule has 0 aliphatic carbocycles. The quantitative estimate of drug-likeness (QED) is 0.626. The van der Waals surface area contributed by atoms with Crippen molar-refractivity contribution < 1.29 is 27.4 Å². The molecule has 4 nitrogen and oxygen atoms in total. The molecule has 1 heterocycles. The number of rotatable bonds is 6. The second kappa shape index (κ2) is 9.40. The lowest BCUT2D eigenvalue weighted by Gasteiger charge is -2.41. The SMILES string of the molecule is CC(=O)OC1CC[C@@](CO[C@H](C)c2cc(C)cc(C(F)(F)F)c2)(c2ccccc2)NC1. The highest BCUT2D eigenvalue weighted by Crippen LogP contribution is 2.35. The number of piperidine rings is 1. The average molecular weight is 435 g/mol. The van der Waals surface area contributed by atoms with Gasteiger partial charge < -0.3 is 14.8 Å². The van der Waals surface area contributed by atoms with E-state index < -0.39 is 23.4 Å². The number of esters is 1. The number of aryl methyl sites for hydroxylation is 1. The van der Waals surface area contributed by atoms with Crippen molar-refractivity contribution >= 4 is 5.97 Å². The van der Waals surface area contributed by atoms with Crippen molar-refractivity contribution in [3.05, 3.63) is 70.8 Å². The van der Waals surface area contributed by atoms with Crippen LogP contribution >= 0.6 is 0 Å². The number of nitrogens with one attached hydrogen (secondary N) is 1. The zero-order valence-corrected chi connectivity index (χ0v) is 18.0. The second-order valence-electron chi connectivity index (χ2n) is 8.18. The maximum Gasteiger partial charge on any atom is 0.416 e. The number of halogens is 3. The Morgan fingerprint density at radius 1 is 1.23 bits per heavy atom. The minimum absolute atomic E-state index is 0.210. The van der Waals surface area contributed by atoms with Crippen molar-refractivity contribution in [2.75, 3.05) is 13.2 Å². The minimum Gasteiger partial charge on any atom is -0.461 e. The van der Waals surface area contributed by atoms with Crippen LogP contribution < -0.4 is 5.32 Å². The third-order valence-corrected chi connectivity index (χ3v) is 5.70. The fourth-order valence-electron chi connectivity index (χ4n) is 4.03. The largest absolute Gasteiger partial charge is 0.461 e. The lowest BCUT2D eigenvalue weighted by Crippen LogP contribution is -2.54. The molecular weight excluding hydrogens is 407 g/mol. The number of carbonyl (C=O) groups excluding carboxylic acids is 1. The standard InChI is InChI=1S/C24H28F3NO3/c1-16-11-19(13-21(12-16)24(25,26)27)17(2)30-15-23(20-7-5-4-6-8-20)10-9-22(14-28-23)31-18(3)29/h4-8,11-13,17,22,28H,9-10,14-15H2,1-3H3/t17-,22?,23-/m1/s1. The van der Waals surface area contributed by atoms with Crippen LogP contribution in [-0.4, -0.2) is 25.2 Å². The molecule has 31 heavy (non-hydrogen) atoms. The summed E-state index contributed by atoms with van der Waals surface area (Å²) in [5.41, 5.74) is 0.879. The highest BCUT2D eigenvalue weighted by atomic mass is 19.4. The molecule has 0 radical (unpaired) electrons. The molecular formula is C24H28F3NO3. The summed E-state index contributed by atoms with van der Waals surface area (Å²) >= 11 is 0. The molecule has 1 fully saturated rings. The molecule has 2 aromatic rings. The van der Waals surface area contributed by atoms with Crippen molar-refractivity contribution in [3.63, 3.8) is 0 Å². The zero-order valence-electron chi connectivity index (χ0n) is 18.0. The maximum absolute atomic E-state index is 13.2. The highest BCUT2D eigenvalue weighted by Gasteiger charge is 2.38. The Morgan fingerprint density at radius 2 is 1.94 bits per heavy atom. The van der Waals surface area contributed by atoms with E-state index in [0.29, 0.717) is 30.5 Å². The summed E-state index contributed by atoms with van der Waals surface area (Å²) in [5.74, 6) is -0.316. The summed E-state index contributed by atoms with van der Waals surface area (Å²) in [6.45, 7) is 5.56. The van der Waals surface area contributed by atoms with Crippen molar-refractivity contribution in [1.29, 1.82) is 0 Å². The van der Waals surface area contributed by atoms with Gasteiger partial charge in [0.25, 0.3) is 0 Å². The summed E-state index contributed by atoms with van der Waals surface area (Å²) in [4.78, 5) is 11.3. The Balaban J connectivity index is 1.77. The summed E-state index contributed by atoms with van der Waals surface area (Å²) in [7, 11) is 0. The molecule has 1 saturated heterocycles. The van der Waals surface area contributed by atoms with Gasteiger partial charge in [0.15, 0.2) is 0 Å². The van der Waals surface area contributed by atoms with Crippen molar-refractivity contribution in [2.45, 2.75) is 57.5 Å². The average Bonchev–Trinajstić information content (AvgIpc) is 2.72. The molecule has 0 saturated carbocycles. The second-order valence-corrected chi connectivity index (χ2v) is 8.18. The summed E-state index contributed by atoms with van der Waals surface area (Å²) in [6.07, 6.45) is -3.79.